The van der Waals surface area contributed by atoms with Gasteiger partial charge in [-0.05, 0) is 67.6 Å². The summed E-state index contributed by atoms with van der Waals surface area (Å²) < 4.78 is 0. The average molecular weight is 413 g/mol. The molecule has 0 aliphatic rings. The normalized spacial score (nSPS) is 11.8. The lowest BCUT2D eigenvalue weighted by Crippen LogP contribution is -1.86. The summed E-state index contributed by atoms with van der Waals surface area (Å²) in [6.07, 6.45) is 8.00. The molecule has 0 unspecified atom stereocenters. The maximum atomic E-state index is 3.77. The van der Waals surface area contributed by atoms with Crippen LogP contribution in [0.1, 0.15) is 19.9 Å². The van der Waals surface area contributed by atoms with E-state index in [1.165, 1.54) is 54.6 Å². The van der Waals surface area contributed by atoms with Gasteiger partial charge in [-0.1, -0.05) is 123 Å². The number of hydrogen-bond donors (Lipinski definition) is 0. The SMILES string of the molecule is C.C=C/C=C\C(=C/C)c1ccc(-c2ccc3c4ccccc4c4ccccc4c3c2)cc1. The van der Waals surface area contributed by atoms with Crippen LogP contribution in [0.15, 0.2) is 122 Å². The summed E-state index contributed by atoms with van der Waals surface area (Å²) in [6, 6.07) is 33.1. The van der Waals surface area contributed by atoms with Crippen molar-refractivity contribution in [1.29, 1.82) is 0 Å². The van der Waals surface area contributed by atoms with E-state index < -0.39 is 0 Å². The van der Waals surface area contributed by atoms with Crippen molar-refractivity contribution in [1.82, 2.24) is 0 Å². The quantitative estimate of drug-likeness (QED) is 0.204. The van der Waals surface area contributed by atoms with Crippen LogP contribution in [0, 0.1) is 0 Å². The van der Waals surface area contributed by atoms with Crippen molar-refractivity contribution in [3.05, 3.63) is 127 Å². The second-order valence-electron chi connectivity index (χ2n) is 7.77. The van der Waals surface area contributed by atoms with Gasteiger partial charge in [0, 0.05) is 0 Å². The Balaban J connectivity index is 0.00000245. The lowest BCUT2D eigenvalue weighted by atomic mass is 9.92. The van der Waals surface area contributed by atoms with E-state index in [-0.39, 0.29) is 7.43 Å². The highest BCUT2D eigenvalue weighted by molar-refractivity contribution is 6.25. The summed E-state index contributed by atoms with van der Waals surface area (Å²) >= 11 is 0. The molecule has 0 amide bonds. The van der Waals surface area contributed by atoms with Gasteiger partial charge in [-0.3, -0.25) is 0 Å². The van der Waals surface area contributed by atoms with Crippen LogP contribution in [0.5, 0.6) is 0 Å². The monoisotopic (exact) mass is 412 g/mol. The third-order valence-corrected chi connectivity index (χ3v) is 6.02. The largest absolute Gasteiger partial charge is 0.0991 e. The van der Waals surface area contributed by atoms with Gasteiger partial charge in [0.1, 0.15) is 0 Å². The molecule has 5 aromatic rings. The summed E-state index contributed by atoms with van der Waals surface area (Å²) in [5.74, 6) is 0. The second kappa shape index (κ2) is 9.08. The molecule has 0 nitrogen and oxygen atoms in total. The fourth-order valence-corrected chi connectivity index (χ4v) is 4.47. The molecule has 5 rings (SSSR count). The van der Waals surface area contributed by atoms with Crippen molar-refractivity contribution in [2.75, 3.05) is 0 Å². The second-order valence-corrected chi connectivity index (χ2v) is 7.77. The standard InChI is InChI=1S/C31H24.CH4/c1-3-5-10-22(4-2)23-15-17-24(18-16-23)25-19-20-30-28-13-7-6-11-26(28)27-12-8-9-14-29(27)31(30)21-25;/h3-21H,1H2,2H3;1H4/b10-5-,22-4+;. The molecule has 0 N–H and O–H groups in total. The highest BCUT2D eigenvalue weighted by Gasteiger charge is 2.09. The lowest BCUT2D eigenvalue weighted by molar-refractivity contribution is 1.58. The predicted octanol–water partition coefficient (Wildman–Crippen LogP) is 9.59. The third kappa shape index (κ3) is 3.65. The molecular weight excluding hydrogens is 384 g/mol. The molecular formula is C32H28. The van der Waals surface area contributed by atoms with E-state index in [4.69, 9.17) is 0 Å². The van der Waals surface area contributed by atoms with Gasteiger partial charge >= 0.3 is 0 Å². The van der Waals surface area contributed by atoms with Gasteiger partial charge < -0.3 is 0 Å². The van der Waals surface area contributed by atoms with Crippen LogP contribution in [0.25, 0.3) is 49.0 Å². The van der Waals surface area contributed by atoms with Crippen molar-refractivity contribution in [3.63, 3.8) is 0 Å². The zero-order valence-electron chi connectivity index (χ0n) is 17.7. The topological polar surface area (TPSA) is 0 Å². The van der Waals surface area contributed by atoms with Crippen LogP contribution in [-0.4, -0.2) is 0 Å². The van der Waals surface area contributed by atoms with Crippen LogP contribution < -0.4 is 0 Å². The molecule has 5 aromatic carbocycles. The Hall–Kier alpha value is -3.90. The summed E-state index contributed by atoms with van der Waals surface area (Å²) in [7, 11) is 0. The van der Waals surface area contributed by atoms with Gasteiger partial charge in [-0.25, -0.2) is 0 Å². The van der Waals surface area contributed by atoms with E-state index in [0.717, 1.165) is 0 Å². The number of benzene rings is 5. The first-order chi connectivity index (χ1) is 15.3. The van der Waals surface area contributed by atoms with E-state index in [0.29, 0.717) is 0 Å². The molecule has 0 aliphatic heterocycles. The van der Waals surface area contributed by atoms with Crippen LogP contribution in [0.4, 0.5) is 0 Å². The van der Waals surface area contributed by atoms with Crippen molar-refractivity contribution in [2.24, 2.45) is 0 Å². The molecule has 0 heterocycles. The van der Waals surface area contributed by atoms with E-state index in [2.05, 4.69) is 117 Å². The molecule has 32 heavy (non-hydrogen) atoms. The first-order valence-corrected chi connectivity index (χ1v) is 10.7. The molecule has 0 fully saturated rings. The zero-order valence-corrected chi connectivity index (χ0v) is 17.7. The Morgan fingerprint density at radius 2 is 1.12 bits per heavy atom. The van der Waals surface area contributed by atoms with E-state index >= 15 is 0 Å². The summed E-state index contributed by atoms with van der Waals surface area (Å²) in [6.45, 7) is 5.83. The van der Waals surface area contributed by atoms with Crippen LogP contribution in [-0.2, 0) is 0 Å². The molecule has 156 valence electrons. The lowest BCUT2D eigenvalue weighted by Gasteiger charge is -2.12. The number of rotatable bonds is 4. The zero-order chi connectivity index (χ0) is 21.2. The highest BCUT2D eigenvalue weighted by Crippen LogP contribution is 2.37. The minimum atomic E-state index is 0. The van der Waals surface area contributed by atoms with E-state index in [1.807, 2.05) is 6.08 Å². The molecule has 0 saturated carbocycles. The first kappa shape index (κ1) is 21.3. The molecule has 0 atom stereocenters. The highest BCUT2D eigenvalue weighted by atomic mass is 14.1. The Labute approximate surface area is 190 Å². The van der Waals surface area contributed by atoms with Gasteiger partial charge in [0.25, 0.3) is 0 Å². The summed E-state index contributed by atoms with van der Waals surface area (Å²) in [5, 5.41) is 7.85. The fourth-order valence-electron chi connectivity index (χ4n) is 4.47. The molecule has 0 aliphatic carbocycles. The first-order valence-electron chi connectivity index (χ1n) is 10.7. The molecule has 0 saturated heterocycles. The van der Waals surface area contributed by atoms with Crippen LogP contribution in [0.3, 0.4) is 0 Å². The maximum Gasteiger partial charge on any atom is -0.00928 e. The van der Waals surface area contributed by atoms with E-state index in [1.54, 1.807) is 6.08 Å². The fraction of sp³-hybridized carbons (Fsp3) is 0.0625. The number of allylic oxidation sites excluding steroid dienone is 5. The van der Waals surface area contributed by atoms with E-state index in [9.17, 15) is 0 Å². The smallest absolute Gasteiger partial charge is 0.00928 e. The molecule has 0 spiro atoms. The number of hydrogen-bond acceptors (Lipinski definition) is 0. The number of fused-ring (bicyclic) bond motifs is 6. The van der Waals surface area contributed by atoms with Crippen molar-refractivity contribution in [3.8, 4) is 11.1 Å². The Morgan fingerprint density at radius 3 is 1.66 bits per heavy atom. The molecule has 0 radical (unpaired) electrons. The Kier molecular flexibility index (Phi) is 6.05. The van der Waals surface area contributed by atoms with Gasteiger partial charge in [-0.15, -0.1) is 0 Å². The summed E-state index contributed by atoms with van der Waals surface area (Å²) in [5.41, 5.74) is 4.87. The van der Waals surface area contributed by atoms with Gasteiger partial charge in [0.05, 0.1) is 0 Å². The Bertz CT molecular complexity index is 1440. The van der Waals surface area contributed by atoms with Crippen LogP contribution >= 0.6 is 0 Å². The van der Waals surface area contributed by atoms with Crippen LogP contribution in [0.2, 0.25) is 0 Å². The Morgan fingerprint density at radius 1 is 0.625 bits per heavy atom. The van der Waals surface area contributed by atoms with Gasteiger partial charge in [0.15, 0.2) is 0 Å². The average Bonchev–Trinajstić information content (AvgIpc) is 2.85. The third-order valence-electron chi connectivity index (χ3n) is 6.02. The minimum Gasteiger partial charge on any atom is -0.0991 e. The molecule has 0 aromatic heterocycles. The van der Waals surface area contributed by atoms with Gasteiger partial charge in [0.2, 0.25) is 0 Å². The van der Waals surface area contributed by atoms with Crippen molar-refractivity contribution in [2.45, 2.75) is 14.4 Å². The maximum absolute atomic E-state index is 3.77. The van der Waals surface area contributed by atoms with Crippen molar-refractivity contribution >= 4 is 37.9 Å². The van der Waals surface area contributed by atoms with Gasteiger partial charge in [-0.2, -0.15) is 0 Å². The molecule has 0 bridgehead atoms. The summed E-state index contributed by atoms with van der Waals surface area (Å²) in [4.78, 5) is 0. The minimum absolute atomic E-state index is 0. The molecule has 0 heteroatoms. The van der Waals surface area contributed by atoms with Crippen molar-refractivity contribution < 1.29 is 0 Å². The predicted molar refractivity (Wildman–Crippen MR) is 144 cm³/mol.